The number of aromatic amines is 1. The van der Waals surface area contributed by atoms with E-state index in [0.717, 1.165) is 27.5 Å². The molecule has 0 spiro atoms. The van der Waals surface area contributed by atoms with Gasteiger partial charge in [-0.1, -0.05) is 18.2 Å². The van der Waals surface area contributed by atoms with Gasteiger partial charge in [-0.15, -0.1) is 0 Å². The van der Waals surface area contributed by atoms with Crippen molar-refractivity contribution < 1.29 is 9.59 Å². The minimum absolute atomic E-state index is 0.397. The van der Waals surface area contributed by atoms with Crippen molar-refractivity contribution in [2.75, 3.05) is 19.0 Å². The second-order valence-electron chi connectivity index (χ2n) is 6.86. The third-order valence-electron chi connectivity index (χ3n) is 4.96. The number of benzene rings is 3. The first-order valence-electron chi connectivity index (χ1n) is 8.62. The van der Waals surface area contributed by atoms with Crippen LogP contribution in [-0.4, -0.2) is 35.9 Å². The molecule has 2 amide bonds. The van der Waals surface area contributed by atoms with Crippen LogP contribution in [0.4, 0.5) is 5.69 Å². The number of anilines is 1. The number of hydrogen-bond donors (Lipinski definition) is 2. The van der Waals surface area contributed by atoms with Crippen molar-refractivity contribution in [3.05, 3.63) is 59.7 Å². The number of carbonyl (C=O) groups is 2. The molecule has 0 fully saturated rings. The second kappa shape index (κ2) is 5.41. The van der Waals surface area contributed by atoms with Crippen LogP contribution in [0.15, 0.2) is 48.5 Å². The maximum Gasteiger partial charge on any atom is 0.259 e. The van der Waals surface area contributed by atoms with E-state index in [9.17, 15) is 9.59 Å². The smallest absolute Gasteiger partial charge is 0.259 e. The van der Waals surface area contributed by atoms with Crippen LogP contribution in [-0.2, 0) is 0 Å². The van der Waals surface area contributed by atoms with Gasteiger partial charge in [0.25, 0.3) is 11.8 Å². The highest BCUT2D eigenvalue weighted by molar-refractivity contribution is 6.26. The van der Waals surface area contributed by atoms with Crippen LogP contribution in [0.1, 0.15) is 20.7 Å². The molecule has 1 aromatic heterocycles. The number of H-pyrrole nitrogens is 1. The van der Waals surface area contributed by atoms with Gasteiger partial charge in [-0.05, 0) is 41.1 Å². The molecule has 2 bridgehead atoms. The van der Waals surface area contributed by atoms with E-state index in [1.165, 1.54) is 0 Å². The standard InChI is InChI=1S/C21H16N4O2/c1-25(2)12-7-8-13-11(9-12)10-14-17(18(13)21(27)24-20(14)26)19-22-15-5-3-4-6-16(15)23-19/h3-10H,1-2H3,(H,22,23)(H,24,26,27). The summed E-state index contributed by atoms with van der Waals surface area (Å²) in [6.45, 7) is 0. The van der Waals surface area contributed by atoms with Crippen LogP contribution in [0.5, 0.6) is 0 Å². The van der Waals surface area contributed by atoms with Crippen LogP contribution < -0.4 is 10.2 Å². The van der Waals surface area contributed by atoms with Gasteiger partial charge in [0, 0.05) is 25.3 Å². The Bertz CT molecular complexity index is 1240. The molecule has 2 heterocycles. The number of nitrogens with one attached hydrogen (secondary N) is 2. The maximum absolute atomic E-state index is 12.7. The molecule has 2 N–H and O–H groups in total. The number of rotatable bonds is 2. The highest BCUT2D eigenvalue weighted by Gasteiger charge is 2.31. The van der Waals surface area contributed by atoms with Gasteiger partial charge in [0.2, 0.25) is 0 Å². The first kappa shape index (κ1) is 15.6. The van der Waals surface area contributed by atoms with Crippen molar-refractivity contribution in [1.29, 1.82) is 0 Å². The summed E-state index contributed by atoms with van der Waals surface area (Å²) in [6, 6.07) is 15.3. The Morgan fingerprint density at radius 2 is 1.74 bits per heavy atom. The monoisotopic (exact) mass is 356 g/mol. The number of fused-ring (bicyclic) bond motifs is 5. The van der Waals surface area contributed by atoms with Gasteiger partial charge in [0.15, 0.2) is 0 Å². The number of imidazole rings is 1. The zero-order chi connectivity index (χ0) is 18.7. The molecule has 0 aliphatic carbocycles. The van der Waals surface area contributed by atoms with Crippen LogP contribution >= 0.6 is 0 Å². The molecule has 0 saturated carbocycles. The molecule has 3 aromatic carbocycles. The lowest BCUT2D eigenvalue weighted by Gasteiger charge is -2.21. The summed E-state index contributed by atoms with van der Waals surface area (Å²) >= 11 is 0. The molecule has 1 aliphatic heterocycles. The molecule has 6 nitrogen and oxygen atoms in total. The number of amides is 2. The quantitative estimate of drug-likeness (QED) is 0.540. The highest BCUT2D eigenvalue weighted by atomic mass is 16.2. The van der Waals surface area contributed by atoms with Crippen molar-refractivity contribution in [1.82, 2.24) is 15.3 Å². The Morgan fingerprint density at radius 1 is 0.926 bits per heavy atom. The zero-order valence-electron chi connectivity index (χ0n) is 14.8. The topological polar surface area (TPSA) is 78.1 Å². The average Bonchev–Trinajstić information content (AvgIpc) is 3.08. The second-order valence-corrected chi connectivity index (χ2v) is 6.86. The summed E-state index contributed by atoms with van der Waals surface area (Å²) in [5.41, 5.74) is 4.15. The lowest BCUT2D eigenvalue weighted by molar-refractivity contribution is 0.0843. The number of carbonyl (C=O) groups excluding carboxylic acids is 2. The Kier molecular flexibility index (Phi) is 3.12. The van der Waals surface area contributed by atoms with E-state index in [4.69, 9.17) is 0 Å². The van der Waals surface area contributed by atoms with E-state index in [0.29, 0.717) is 22.5 Å². The minimum Gasteiger partial charge on any atom is -0.378 e. The number of nitrogens with zero attached hydrogens (tertiary/aromatic N) is 2. The van der Waals surface area contributed by atoms with Crippen molar-refractivity contribution in [3.8, 4) is 11.4 Å². The Hall–Kier alpha value is -3.67. The van der Waals surface area contributed by atoms with Crippen molar-refractivity contribution in [2.45, 2.75) is 0 Å². The Labute approximate surface area is 154 Å². The highest BCUT2D eigenvalue weighted by Crippen LogP contribution is 2.37. The summed E-state index contributed by atoms with van der Waals surface area (Å²) in [5.74, 6) is -0.269. The fourth-order valence-corrected chi connectivity index (χ4v) is 3.64. The van der Waals surface area contributed by atoms with Gasteiger partial charge in [0.05, 0.1) is 22.2 Å². The van der Waals surface area contributed by atoms with E-state index in [1.54, 1.807) is 0 Å². The Morgan fingerprint density at radius 3 is 2.52 bits per heavy atom. The summed E-state index contributed by atoms with van der Waals surface area (Å²) in [7, 11) is 3.91. The molecule has 5 rings (SSSR count). The molecule has 0 radical (unpaired) electrons. The fraction of sp³-hybridized carbons (Fsp3) is 0.0952. The molecule has 132 valence electrons. The summed E-state index contributed by atoms with van der Waals surface area (Å²) in [6.07, 6.45) is 0. The maximum atomic E-state index is 12.7. The molecule has 6 heteroatoms. The number of imide groups is 1. The van der Waals surface area contributed by atoms with Crippen LogP contribution in [0, 0.1) is 0 Å². The van der Waals surface area contributed by atoms with Crippen LogP contribution in [0.3, 0.4) is 0 Å². The summed E-state index contributed by atoms with van der Waals surface area (Å²) < 4.78 is 0. The minimum atomic E-state index is -0.403. The van der Waals surface area contributed by atoms with E-state index >= 15 is 0 Å². The van der Waals surface area contributed by atoms with Gasteiger partial charge in [-0.2, -0.15) is 0 Å². The van der Waals surface area contributed by atoms with Gasteiger partial charge in [-0.25, -0.2) is 4.98 Å². The predicted octanol–water partition coefficient (Wildman–Crippen LogP) is 3.33. The normalized spacial score (nSPS) is 13.3. The number of aromatic nitrogens is 2. The van der Waals surface area contributed by atoms with Crippen molar-refractivity contribution >= 4 is 39.3 Å². The van der Waals surface area contributed by atoms with Gasteiger partial charge < -0.3 is 9.88 Å². The van der Waals surface area contributed by atoms with Crippen molar-refractivity contribution in [2.24, 2.45) is 0 Å². The molecule has 0 atom stereocenters. The average molecular weight is 356 g/mol. The SMILES string of the molecule is CN(C)c1ccc2c3c(-c4nc5ccccc5[nH]4)c(cc2c1)C(=O)NC3=O. The number of para-hydroxylation sites is 2. The molecule has 4 aromatic rings. The van der Waals surface area contributed by atoms with E-state index < -0.39 is 11.8 Å². The Balaban J connectivity index is 1.87. The van der Waals surface area contributed by atoms with Gasteiger partial charge in [0.1, 0.15) is 5.82 Å². The largest absolute Gasteiger partial charge is 0.378 e. The third kappa shape index (κ3) is 2.23. The molecular formula is C21H16N4O2. The van der Waals surface area contributed by atoms with Crippen molar-refractivity contribution in [3.63, 3.8) is 0 Å². The number of hydrogen-bond acceptors (Lipinski definition) is 4. The van der Waals surface area contributed by atoms with E-state index in [1.807, 2.05) is 67.5 Å². The fourth-order valence-electron chi connectivity index (χ4n) is 3.64. The molecule has 0 unspecified atom stereocenters. The van der Waals surface area contributed by atoms with Crippen LogP contribution in [0.25, 0.3) is 33.2 Å². The lowest BCUT2D eigenvalue weighted by atomic mass is 9.89. The van der Waals surface area contributed by atoms with E-state index in [2.05, 4.69) is 15.3 Å². The van der Waals surface area contributed by atoms with E-state index in [-0.39, 0.29) is 0 Å². The summed E-state index contributed by atoms with van der Waals surface area (Å²) in [4.78, 5) is 35.1. The lowest BCUT2D eigenvalue weighted by Crippen LogP contribution is -2.36. The molecule has 0 saturated heterocycles. The van der Waals surface area contributed by atoms with Crippen LogP contribution in [0.2, 0.25) is 0 Å². The van der Waals surface area contributed by atoms with Gasteiger partial charge in [-0.3, -0.25) is 14.9 Å². The first-order valence-corrected chi connectivity index (χ1v) is 8.62. The summed E-state index contributed by atoms with van der Waals surface area (Å²) in [5, 5.41) is 4.09. The molecule has 27 heavy (non-hydrogen) atoms. The van der Waals surface area contributed by atoms with Gasteiger partial charge >= 0.3 is 0 Å². The first-order chi connectivity index (χ1) is 13.0. The predicted molar refractivity (Wildman–Crippen MR) is 105 cm³/mol. The zero-order valence-corrected chi connectivity index (χ0v) is 14.8. The molecule has 1 aliphatic rings. The third-order valence-corrected chi connectivity index (χ3v) is 4.96. The molecular weight excluding hydrogens is 340 g/mol.